The van der Waals surface area contributed by atoms with Gasteiger partial charge in [0.1, 0.15) is 0 Å². The molecule has 0 unspecified atom stereocenters. The third-order valence-electron chi connectivity index (χ3n) is 3.57. The standard InChI is InChI=1S/C16H17N5O4S/c1-24-10-5-3-4-9(13(10)25-2)6-17-11(22)7-26-16-20-14-12(15(23)21-16)18-8-19-14/h3-5,8H,6-7H2,1-2H3,(H,17,22)(H2,18,19,20,21,23). The summed E-state index contributed by atoms with van der Waals surface area (Å²) in [6.45, 7) is 0.294. The number of amides is 1. The second-order valence-electron chi connectivity index (χ2n) is 5.19. The Morgan fingerprint density at radius 1 is 1.31 bits per heavy atom. The van der Waals surface area contributed by atoms with Crippen LogP contribution in [-0.2, 0) is 11.3 Å². The molecule has 1 aromatic carbocycles. The summed E-state index contributed by atoms with van der Waals surface area (Å²) in [6, 6.07) is 5.46. The molecule has 0 atom stereocenters. The topological polar surface area (TPSA) is 122 Å². The van der Waals surface area contributed by atoms with Gasteiger partial charge in [-0.2, -0.15) is 0 Å². The lowest BCUT2D eigenvalue weighted by molar-refractivity contribution is -0.118. The highest BCUT2D eigenvalue weighted by Gasteiger charge is 2.12. The van der Waals surface area contributed by atoms with Crippen molar-refractivity contribution in [1.29, 1.82) is 0 Å². The molecule has 2 heterocycles. The number of hydrogen-bond donors (Lipinski definition) is 3. The molecule has 0 aliphatic heterocycles. The quantitative estimate of drug-likeness (QED) is 0.417. The van der Waals surface area contributed by atoms with Gasteiger partial charge in [-0.25, -0.2) is 9.97 Å². The minimum absolute atomic E-state index is 0.102. The van der Waals surface area contributed by atoms with E-state index in [1.54, 1.807) is 20.3 Å². The Morgan fingerprint density at radius 2 is 2.15 bits per heavy atom. The Kier molecular flexibility index (Phi) is 5.42. The van der Waals surface area contributed by atoms with E-state index in [-0.39, 0.29) is 17.2 Å². The molecule has 2 aromatic heterocycles. The van der Waals surface area contributed by atoms with E-state index in [0.717, 1.165) is 17.3 Å². The van der Waals surface area contributed by atoms with Crippen LogP contribution in [0.2, 0.25) is 0 Å². The van der Waals surface area contributed by atoms with E-state index in [9.17, 15) is 9.59 Å². The summed E-state index contributed by atoms with van der Waals surface area (Å²) in [6.07, 6.45) is 1.40. The average molecular weight is 375 g/mol. The van der Waals surface area contributed by atoms with Crippen LogP contribution < -0.4 is 20.3 Å². The summed E-state index contributed by atoms with van der Waals surface area (Å²) in [5, 5.41) is 3.14. The summed E-state index contributed by atoms with van der Waals surface area (Å²) in [5.41, 5.74) is 1.10. The molecule has 136 valence electrons. The van der Waals surface area contributed by atoms with Gasteiger partial charge < -0.3 is 19.8 Å². The Balaban J connectivity index is 1.60. The minimum atomic E-state index is -0.323. The van der Waals surface area contributed by atoms with Crippen molar-refractivity contribution in [2.45, 2.75) is 11.7 Å². The number of nitrogens with zero attached hydrogens (tertiary/aromatic N) is 2. The van der Waals surface area contributed by atoms with Crippen LogP contribution in [0.25, 0.3) is 11.2 Å². The van der Waals surface area contributed by atoms with Crippen LogP contribution in [0, 0.1) is 0 Å². The van der Waals surface area contributed by atoms with Crippen LogP contribution in [0.3, 0.4) is 0 Å². The number of imidazole rings is 1. The first-order valence-electron chi connectivity index (χ1n) is 7.65. The monoisotopic (exact) mass is 375 g/mol. The van der Waals surface area contributed by atoms with Crippen LogP contribution in [0.15, 0.2) is 34.5 Å². The number of thioether (sulfide) groups is 1. The maximum absolute atomic E-state index is 12.1. The number of aromatic amines is 2. The number of carbonyl (C=O) groups excluding carboxylic acids is 1. The van der Waals surface area contributed by atoms with Crippen LogP contribution in [0.1, 0.15) is 5.56 Å². The zero-order valence-corrected chi connectivity index (χ0v) is 15.0. The Labute approximate surface area is 152 Å². The van der Waals surface area contributed by atoms with Crippen molar-refractivity contribution < 1.29 is 14.3 Å². The molecule has 1 amide bonds. The number of benzene rings is 1. The van der Waals surface area contributed by atoms with Gasteiger partial charge in [0.15, 0.2) is 27.8 Å². The maximum atomic E-state index is 12.1. The first-order valence-corrected chi connectivity index (χ1v) is 8.63. The van der Waals surface area contributed by atoms with Crippen molar-refractivity contribution in [2.75, 3.05) is 20.0 Å². The number of para-hydroxylation sites is 1. The number of hydrogen-bond acceptors (Lipinski definition) is 7. The van der Waals surface area contributed by atoms with E-state index < -0.39 is 0 Å². The summed E-state index contributed by atoms with van der Waals surface area (Å²) in [5.74, 6) is 1.08. The average Bonchev–Trinajstić information content (AvgIpc) is 3.13. The number of ether oxygens (including phenoxy) is 2. The van der Waals surface area contributed by atoms with E-state index in [1.807, 2.05) is 12.1 Å². The third-order valence-corrected chi connectivity index (χ3v) is 4.45. The molecular formula is C16H17N5O4S. The maximum Gasteiger partial charge on any atom is 0.277 e. The molecule has 10 heteroatoms. The normalized spacial score (nSPS) is 10.7. The molecule has 9 nitrogen and oxygen atoms in total. The summed E-state index contributed by atoms with van der Waals surface area (Å²) in [7, 11) is 3.10. The molecular weight excluding hydrogens is 358 g/mol. The van der Waals surface area contributed by atoms with Gasteiger partial charge in [-0.05, 0) is 6.07 Å². The molecule has 3 aromatic rings. The highest BCUT2D eigenvalue weighted by molar-refractivity contribution is 7.99. The van der Waals surface area contributed by atoms with E-state index in [0.29, 0.717) is 34.4 Å². The van der Waals surface area contributed by atoms with Gasteiger partial charge in [0.05, 0.1) is 26.3 Å². The molecule has 26 heavy (non-hydrogen) atoms. The Hall–Kier alpha value is -3.01. The first kappa shape index (κ1) is 17.8. The van der Waals surface area contributed by atoms with Gasteiger partial charge in [-0.1, -0.05) is 23.9 Å². The lowest BCUT2D eigenvalue weighted by Crippen LogP contribution is -2.25. The molecule has 3 N–H and O–H groups in total. The Morgan fingerprint density at radius 3 is 2.92 bits per heavy atom. The van der Waals surface area contributed by atoms with Gasteiger partial charge >= 0.3 is 0 Å². The molecule has 0 fully saturated rings. The number of fused-ring (bicyclic) bond motifs is 1. The summed E-state index contributed by atoms with van der Waals surface area (Å²) < 4.78 is 10.6. The SMILES string of the molecule is COc1cccc(CNC(=O)CSc2nc3nc[nH]c3c(=O)[nH]2)c1OC. The fraction of sp³-hybridized carbons (Fsp3) is 0.250. The largest absolute Gasteiger partial charge is 0.493 e. The number of carbonyl (C=O) groups is 1. The van der Waals surface area contributed by atoms with Crippen molar-refractivity contribution in [3.05, 3.63) is 40.4 Å². The first-order chi connectivity index (χ1) is 12.6. The highest BCUT2D eigenvalue weighted by Crippen LogP contribution is 2.30. The molecule has 0 radical (unpaired) electrons. The molecule has 0 spiro atoms. The lowest BCUT2D eigenvalue weighted by Gasteiger charge is -2.13. The van der Waals surface area contributed by atoms with E-state index in [4.69, 9.17) is 9.47 Å². The highest BCUT2D eigenvalue weighted by atomic mass is 32.2. The number of nitrogens with one attached hydrogen (secondary N) is 3. The van der Waals surface area contributed by atoms with Crippen LogP contribution in [-0.4, -0.2) is 45.8 Å². The van der Waals surface area contributed by atoms with Gasteiger partial charge in [0.2, 0.25) is 5.91 Å². The number of aromatic nitrogens is 4. The number of rotatable bonds is 7. The fourth-order valence-electron chi connectivity index (χ4n) is 2.36. The molecule has 3 rings (SSSR count). The van der Waals surface area contributed by atoms with Crippen molar-refractivity contribution in [3.8, 4) is 11.5 Å². The zero-order valence-electron chi connectivity index (χ0n) is 14.2. The fourth-order valence-corrected chi connectivity index (χ4v) is 3.05. The molecule has 0 aliphatic rings. The predicted molar refractivity (Wildman–Crippen MR) is 96.6 cm³/mol. The number of methoxy groups -OCH3 is 2. The van der Waals surface area contributed by atoms with E-state index in [1.165, 1.54) is 6.33 Å². The van der Waals surface area contributed by atoms with Gasteiger partial charge in [0, 0.05) is 12.1 Å². The Bertz CT molecular complexity index is 984. The van der Waals surface area contributed by atoms with Crippen LogP contribution >= 0.6 is 11.8 Å². The van der Waals surface area contributed by atoms with Gasteiger partial charge in [0.25, 0.3) is 5.56 Å². The predicted octanol–water partition coefficient (Wildman–Crippen LogP) is 1.07. The van der Waals surface area contributed by atoms with Crippen LogP contribution in [0.5, 0.6) is 11.5 Å². The minimum Gasteiger partial charge on any atom is -0.493 e. The van der Waals surface area contributed by atoms with Gasteiger partial charge in [-0.3, -0.25) is 14.6 Å². The summed E-state index contributed by atoms with van der Waals surface area (Å²) in [4.78, 5) is 37.4. The molecule has 0 saturated carbocycles. The van der Waals surface area contributed by atoms with Crippen molar-refractivity contribution in [1.82, 2.24) is 25.3 Å². The van der Waals surface area contributed by atoms with Crippen molar-refractivity contribution in [2.24, 2.45) is 0 Å². The molecule has 0 bridgehead atoms. The lowest BCUT2D eigenvalue weighted by atomic mass is 10.2. The summed E-state index contributed by atoms with van der Waals surface area (Å²) >= 11 is 1.13. The van der Waals surface area contributed by atoms with E-state index >= 15 is 0 Å². The smallest absolute Gasteiger partial charge is 0.277 e. The second-order valence-corrected chi connectivity index (χ2v) is 6.15. The van der Waals surface area contributed by atoms with Crippen molar-refractivity contribution in [3.63, 3.8) is 0 Å². The van der Waals surface area contributed by atoms with Gasteiger partial charge in [-0.15, -0.1) is 0 Å². The molecule has 0 saturated heterocycles. The second kappa shape index (κ2) is 7.91. The van der Waals surface area contributed by atoms with E-state index in [2.05, 4.69) is 25.3 Å². The zero-order chi connectivity index (χ0) is 18.5. The van der Waals surface area contributed by atoms with Crippen molar-refractivity contribution >= 4 is 28.8 Å². The molecule has 0 aliphatic carbocycles. The van der Waals surface area contributed by atoms with Crippen LogP contribution in [0.4, 0.5) is 0 Å². The third kappa shape index (κ3) is 3.80. The number of H-pyrrole nitrogens is 2.